The summed E-state index contributed by atoms with van der Waals surface area (Å²) in [4.78, 5) is 10.5. The Balaban J connectivity index is 1.84. The molecule has 0 amide bonds. The Labute approximate surface area is 144 Å². The molecule has 2 heterocycles. The Morgan fingerprint density at radius 2 is 1.96 bits per heavy atom. The number of nitrogens with one attached hydrogen (secondary N) is 1. The molecule has 9 heteroatoms. The number of halogens is 2. The van der Waals surface area contributed by atoms with Gasteiger partial charge in [-0.2, -0.15) is 4.98 Å². The molecule has 1 atom stereocenters. The highest BCUT2D eigenvalue weighted by atomic mass is 32.2. The lowest BCUT2D eigenvalue weighted by atomic mass is 10.2. The number of sulfone groups is 1. The number of aryl methyl sites for hydroxylation is 1. The molecule has 25 heavy (non-hydrogen) atoms. The monoisotopic (exact) mass is 368 g/mol. The highest BCUT2D eigenvalue weighted by molar-refractivity contribution is 7.91. The average Bonchev–Trinajstić information content (AvgIpc) is 2.90. The number of hydrogen-bond donors (Lipinski definition) is 1. The first-order chi connectivity index (χ1) is 11.7. The average molecular weight is 368 g/mol. The lowest BCUT2D eigenvalue weighted by molar-refractivity contribution is 0.509. The minimum atomic E-state index is -3.02. The zero-order valence-corrected chi connectivity index (χ0v) is 14.6. The van der Waals surface area contributed by atoms with Gasteiger partial charge >= 0.3 is 0 Å². The third-order valence-corrected chi connectivity index (χ3v) is 5.86. The fourth-order valence-electron chi connectivity index (χ4n) is 2.74. The van der Waals surface area contributed by atoms with Crippen molar-refractivity contribution in [3.8, 4) is 0 Å². The van der Waals surface area contributed by atoms with Gasteiger partial charge in [0.15, 0.2) is 21.5 Å². The van der Waals surface area contributed by atoms with Gasteiger partial charge in [-0.05, 0) is 25.5 Å². The molecule has 6 nitrogen and oxygen atoms in total. The van der Waals surface area contributed by atoms with Crippen LogP contribution in [0.4, 0.5) is 26.2 Å². The van der Waals surface area contributed by atoms with Crippen LogP contribution in [-0.2, 0) is 9.84 Å². The van der Waals surface area contributed by atoms with Crippen molar-refractivity contribution in [1.29, 1.82) is 0 Å². The molecule has 1 saturated heterocycles. The van der Waals surface area contributed by atoms with Crippen LogP contribution in [0, 0.1) is 18.6 Å². The molecule has 0 aliphatic carbocycles. The summed E-state index contributed by atoms with van der Waals surface area (Å²) >= 11 is 0. The van der Waals surface area contributed by atoms with Crippen LogP contribution < -0.4 is 10.2 Å². The van der Waals surface area contributed by atoms with Crippen molar-refractivity contribution in [3.63, 3.8) is 0 Å². The smallest absolute Gasteiger partial charge is 0.227 e. The number of anilines is 3. The Morgan fingerprint density at radius 1 is 1.20 bits per heavy atom. The first-order valence-electron chi connectivity index (χ1n) is 7.74. The van der Waals surface area contributed by atoms with E-state index in [0.29, 0.717) is 29.6 Å². The molecule has 0 bridgehead atoms. The van der Waals surface area contributed by atoms with Crippen molar-refractivity contribution in [2.24, 2.45) is 0 Å². The maximum absolute atomic E-state index is 13.3. The Bertz CT molecular complexity index is 905. The van der Waals surface area contributed by atoms with Gasteiger partial charge in [0.25, 0.3) is 0 Å². The van der Waals surface area contributed by atoms with Crippen LogP contribution in [0.25, 0.3) is 0 Å². The number of aromatic nitrogens is 2. The van der Waals surface area contributed by atoms with Gasteiger partial charge in [-0.3, -0.25) is 0 Å². The molecule has 1 unspecified atom stereocenters. The van der Waals surface area contributed by atoms with Gasteiger partial charge in [-0.25, -0.2) is 22.2 Å². The van der Waals surface area contributed by atoms with E-state index in [2.05, 4.69) is 15.3 Å². The second-order valence-electron chi connectivity index (χ2n) is 6.12. The second-order valence-corrected chi connectivity index (χ2v) is 8.34. The van der Waals surface area contributed by atoms with Crippen LogP contribution in [0.3, 0.4) is 0 Å². The molecular formula is C16H18F2N4O2S. The topological polar surface area (TPSA) is 75.2 Å². The first-order valence-corrected chi connectivity index (χ1v) is 9.57. The molecule has 3 rings (SSSR count). The van der Waals surface area contributed by atoms with Crippen LogP contribution in [0.5, 0.6) is 0 Å². The highest BCUT2D eigenvalue weighted by Gasteiger charge is 2.31. The summed E-state index contributed by atoms with van der Waals surface area (Å²) in [6, 6.07) is 4.97. The largest absolute Gasteiger partial charge is 0.340 e. The van der Waals surface area contributed by atoms with Crippen molar-refractivity contribution in [2.75, 3.05) is 28.8 Å². The summed E-state index contributed by atoms with van der Waals surface area (Å²) in [6.07, 6.45) is 0.530. The summed E-state index contributed by atoms with van der Waals surface area (Å²) in [5, 5.41) is 2.91. The van der Waals surface area contributed by atoms with Gasteiger partial charge in [-0.15, -0.1) is 0 Å². The third-order valence-electron chi connectivity index (χ3n) is 4.11. The molecule has 2 aromatic rings. The zero-order chi connectivity index (χ0) is 18.2. The van der Waals surface area contributed by atoms with E-state index in [0.717, 1.165) is 12.1 Å². The molecule has 0 radical (unpaired) electrons. The maximum Gasteiger partial charge on any atom is 0.227 e. The van der Waals surface area contributed by atoms with Gasteiger partial charge in [0.1, 0.15) is 5.82 Å². The van der Waals surface area contributed by atoms with Crippen LogP contribution in [0.2, 0.25) is 0 Å². The number of benzene rings is 1. The molecule has 0 saturated carbocycles. The molecule has 1 fully saturated rings. The zero-order valence-electron chi connectivity index (χ0n) is 13.8. The highest BCUT2D eigenvalue weighted by Crippen LogP contribution is 2.23. The number of hydrogen-bond acceptors (Lipinski definition) is 6. The molecule has 1 N–H and O–H groups in total. The van der Waals surface area contributed by atoms with E-state index in [-0.39, 0.29) is 17.5 Å². The van der Waals surface area contributed by atoms with E-state index in [1.165, 1.54) is 6.07 Å². The van der Waals surface area contributed by atoms with Gasteiger partial charge < -0.3 is 10.2 Å². The summed E-state index contributed by atoms with van der Waals surface area (Å²) < 4.78 is 49.7. The summed E-state index contributed by atoms with van der Waals surface area (Å²) in [7, 11) is -1.26. The predicted molar refractivity (Wildman–Crippen MR) is 91.9 cm³/mol. The second kappa shape index (κ2) is 6.55. The summed E-state index contributed by atoms with van der Waals surface area (Å²) in [5.41, 5.74) is 1.02. The van der Waals surface area contributed by atoms with Gasteiger partial charge in [0.2, 0.25) is 5.95 Å². The van der Waals surface area contributed by atoms with Crippen molar-refractivity contribution >= 4 is 27.3 Å². The van der Waals surface area contributed by atoms with E-state index < -0.39 is 21.5 Å². The van der Waals surface area contributed by atoms with Crippen molar-refractivity contribution in [3.05, 3.63) is 41.6 Å². The Hall–Kier alpha value is -2.29. The quantitative estimate of drug-likeness (QED) is 0.893. The van der Waals surface area contributed by atoms with Gasteiger partial charge in [0, 0.05) is 36.6 Å². The fraction of sp³-hybridized carbons (Fsp3) is 0.375. The molecule has 0 spiro atoms. The van der Waals surface area contributed by atoms with Crippen molar-refractivity contribution in [1.82, 2.24) is 9.97 Å². The third kappa shape index (κ3) is 4.04. The van der Waals surface area contributed by atoms with Gasteiger partial charge in [0.05, 0.1) is 11.5 Å². The van der Waals surface area contributed by atoms with E-state index in [9.17, 15) is 17.2 Å². The summed E-state index contributed by atoms with van der Waals surface area (Å²) in [5.74, 6) is -0.842. The van der Waals surface area contributed by atoms with Gasteiger partial charge in [-0.1, -0.05) is 0 Å². The fourth-order valence-corrected chi connectivity index (χ4v) is 4.51. The molecule has 1 aliphatic rings. The van der Waals surface area contributed by atoms with Crippen LogP contribution in [0.1, 0.15) is 12.1 Å². The number of nitrogens with zero attached hydrogens (tertiary/aromatic N) is 3. The molecule has 134 valence electrons. The standard InChI is InChI=1S/C16H18F2N4O2S/c1-10-7-15(20-11-3-4-13(17)14(18)8-11)21-16(19-10)22(2)12-5-6-25(23,24)9-12/h3-4,7-8,12H,5-6,9H2,1-2H3,(H,19,20,21). The minimum Gasteiger partial charge on any atom is -0.340 e. The van der Waals surface area contributed by atoms with E-state index in [1.54, 1.807) is 24.9 Å². The first kappa shape index (κ1) is 17.5. The maximum atomic E-state index is 13.3. The van der Waals surface area contributed by atoms with E-state index in [1.807, 2.05) is 0 Å². The van der Waals surface area contributed by atoms with Crippen LogP contribution >= 0.6 is 0 Å². The minimum absolute atomic E-state index is 0.0761. The normalized spacial score (nSPS) is 19.0. The number of rotatable bonds is 4. The van der Waals surface area contributed by atoms with Crippen LogP contribution in [-0.4, -0.2) is 43.0 Å². The molecule has 1 aromatic carbocycles. The van der Waals surface area contributed by atoms with Crippen molar-refractivity contribution in [2.45, 2.75) is 19.4 Å². The SMILES string of the molecule is Cc1cc(Nc2ccc(F)c(F)c2)nc(N(C)C2CCS(=O)(=O)C2)n1. The van der Waals surface area contributed by atoms with E-state index in [4.69, 9.17) is 0 Å². The molecule has 1 aliphatic heterocycles. The summed E-state index contributed by atoms with van der Waals surface area (Å²) in [6.45, 7) is 1.78. The molecule has 1 aromatic heterocycles. The predicted octanol–water partition coefficient (Wildman–Crippen LogP) is 2.43. The van der Waals surface area contributed by atoms with Crippen molar-refractivity contribution < 1.29 is 17.2 Å². The molecular weight excluding hydrogens is 350 g/mol. The van der Waals surface area contributed by atoms with Crippen LogP contribution in [0.15, 0.2) is 24.3 Å². The lowest BCUT2D eigenvalue weighted by Gasteiger charge is -2.24. The Morgan fingerprint density at radius 3 is 2.60 bits per heavy atom. The van der Waals surface area contributed by atoms with E-state index >= 15 is 0 Å². The lowest BCUT2D eigenvalue weighted by Crippen LogP contribution is -2.34. The Kier molecular flexibility index (Phi) is 4.59.